The molecule has 0 unspecified atom stereocenters. The van der Waals surface area contributed by atoms with Crippen molar-refractivity contribution in [3.8, 4) is 11.5 Å². The minimum Gasteiger partial charge on any atom is -0.491 e. The van der Waals surface area contributed by atoms with Gasteiger partial charge in [-0.15, -0.1) is 0 Å². The molecule has 0 radical (unpaired) electrons. The first-order valence-corrected chi connectivity index (χ1v) is 11.5. The number of pyridine rings is 2. The Hall–Kier alpha value is -1.90. The van der Waals surface area contributed by atoms with E-state index in [0.29, 0.717) is 12.3 Å². The maximum atomic E-state index is 5.61. The first kappa shape index (κ1) is 22.8. The number of hydrogen-bond acceptors (Lipinski definition) is 7. The van der Waals surface area contributed by atoms with Gasteiger partial charge in [-0.3, -0.25) is 19.8 Å². The van der Waals surface area contributed by atoms with Crippen LogP contribution >= 0.6 is 15.9 Å². The Balaban J connectivity index is 0.000000171. The molecule has 2 fully saturated rings. The molecule has 4 heterocycles. The summed E-state index contributed by atoms with van der Waals surface area (Å²) in [6, 6.07) is 3.74. The van der Waals surface area contributed by atoms with Crippen LogP contribution in [0.3, 0.4) is 0 Å². The second-order valence-electron chi connectivity index (χ2n) is 7.59. The van der Waals surface area contributed by atoms with Crippen LogP contribution in [0.25, 0.3) is 0 Å². The molecule has 0 spiro atoms. The highest BCUT2D eigenvalue weighted by molar-refractivity contribution is 9.10. The molecule has 4 rings (SSSR count). The van der Waals surface area contributed by atoms with Crippen molar-refractivity contribution in [1.82, 2.24) is 19.8 Å². The SMILES string of the molecule is Brc1cncc(OCCN2CCCC2)c1.Nc1cncc(OCCN2CCCC2)c1. The van der Waals surface area contributed by atoms with Crippen molar-refractivity contribution in [2.45, 2.75) is 25.7 Å². The molecule has 2 N–H and O–H groups in total. The quantitative estimate of drug-likeness (QED) is 0.623. The second-order valence-corrected chi connectivity index (χ2v) is 8.50. The molecule has 30 heavy (non-hydrogen) atoms. The molecule has 0 bridgehead atoms. The average molecular weight is 478 g/mol. The predicted molar refractivity (Wildman–Crippen MR) is 123 cm³/mol. The molecule has 7 nitrogen and oxygen atoms in total. The monoisotopic (exact) mass is 477 g/mol. The smallest absolute Gasteiger partial charge is 0.139 e. The molecule has 0 amide bonds. The van der Waals surface area contributed by atoms with Crippen LogP contribution in [0.5, 0.6) is 11.5 Å². The van der Waals surface area contributed by atoms with Gasteiger partial charge in [0.2, 0.25) is 0 Å². The molecule has 2 aliphatic rings. The van der Waals surface area contributed by atoms with Crippen molar-refractivity contribution in [2.75, 3.05) is 58.2 Å². The number of rotatable bonds is 8. The number of nitrogens with two attached hydrogens (primary N) is 1. The van der Waals surface area contributed by atoms with E-state index < -0.39 is 0 Å². The zero-order valence-corrected chi connectivity index (χ0v) is 19.1. The topological polar surface area (TPSA) is 76.7 Å². The summed E-state index contributed by atoms with van der Waals surface area (Å²) in [6.07, 6.45) is 12.1. The number of anilines is 1. The third-order valence-corrected chi connectivity index (χ3v) is 5.60. The Morgan fingerprint density at radius 1 is 0.767 bits per heavy atom. The first-order chi connectivity index (χ1) is 14.7. The number of aromatic nitrogens is 2. The van der Waals surface area contributed by atoms with Crippen LogP contribution in [0.4, 0.5) is 5.69 Å². The van der Waals surface area contributed by atoms with E-state index in [1.54, 1.807) is 30.9 Å². The van der Waals surface area contributed by atoms with Gasteiger partial charge in [0.15, 0.2) is 0 Å². The molecule has 2 saturated heterocycles. The van der Waals surface area contributed by atoms with Crippen LogP contribution in [-0.4, -0.2) is 72.3 Å². The van der Waals surface area contributed by atoms with Crippen LogP contribution in [0, 0.1) is 0 Å². The molecule has 164 valence electrons. The molecule has 0 aliphatic carbocycles. The van der Waals surface area contributed by atoms with E-state index in [0.717, 1.165) is 35.7 Å². The van der Waals surface area contributed by atoms with E-state index in [9.17, 15) is 0 Å². The molecular weight excluding hydrogens is 446 g/mol. The summed E-state index contributed by atoms with van der Waals surface area (Å²) in [7, 11) is 0. The Morgan fingerprint density at radius 2 is 1.27 bits per heavy atom. The standard InChI is InChI=1S/C11H15BrN2O.C11H17N3O/c2*12-10-7-11(9-13-8-10)15-6-5-14-3-1-2-4-14/h7-9H,1-6H2;7-9H,1-6,12H2. The van der Waals surface area contributed by atoms with Crippen molar-refractivity contribution in [3.05, 3.63) is 41.4 Å². The molecular formula is C22H32BrN5O2. The van der Waals surface area contributed by atoms with Crippen molar-refractivity contribution in [1.29, 1.82) is 0 Å². The van der Waals surface area contributed by atoms with E-state index in [-0.39, 0.29) is 0 Å². The fraction of sp³-hybridized carbons (Fsp3) is 0.545. The molecule has 2 aliphatic heterocycles. The highest BCUT2D eigenvalue weighted by Crippen LogP contribution is 2.16. The van der Waals surface area contributed by atoms with Crippen LogP contribution in [0.1, 0.15) is 25.7 Å². The zero-order valence-electron chi connectivity index (χ0n) is 17.5. The van der Waals surface area contributed by atoms with Gasteiger partial charge in [-0.2, -0.15) is 0 Å². The molecule has 2 aromatic heterocycles. The summed E-state index contributed by atoms with van der Waals surface area (Å²) < 4.78 is 12.1. The van der Waals surface area contributed by atoms with E-state index in [4.69, 9.17) is 15.2 Å². The van der Waals surface area contributed by atoms with Gasteiger partial charge in [-0.05, 0) is 73.9 Å². The zero-order chi connectivity index (χ0) is 21.0. The van der Waals surface area contributed by atoms with Crippen molar-refractivity contribution in [2.24, 2.45) is 0 Å². The van der Waals surface area contributed by atoms with E-state index in [1.807, 2.05) is 6.07 Å². The van der Waals surface area contributed by atoms with Gasteiger partial charge in [-0.1, -0.05) is 0 Å². The van der Waals surface area contributed by atoms with Gasteiger partial charge in [0, 0.05) is 29.8 Å². The van der Waals surface area contributed by atoms with E-state index in [1.165, 1.54) is 51.9 Å². The lowest BCUT2D eigenvalue weighted by Crippen LogP contribution is -2.25. The lowest BCUT2D eigenvalue weighted by atomic mass is 10.4. The highest BCUT2D eigenvalue weighted by Gasteiger charge is 2.11. The van der Waals surface area contributed by atoms with Gasteiger partial charge >= 0.3 is 0 Å². The summed E-state index contributed by atoms with van der Waals surface area (Å²) in [5.41, 5.74) is 6.25. The van der Waals surface area contributed by atoms with Crippen LogP contribution in [0.15, 0.2) is 41.4 Å². The average Bonchev–Trinajstić information content (AvgIpc) is 3.43. The van der Waals surface area contributed by atoms with E-state index in [2.05, 4.69) is 35.7 Å². The third kappa shape index (κ3) is 8.45. The molecule has 0 aromatic carbocycles. The molecule has 8 heteroatoms. The summed E-state index contributed by atoms with van der Waals surface area (Å²) in [6.45, 7) is 8.34. The van der Waals surface area contributed by atoms with Gasteiger partial charge in [0.1, 0.15) is 24.7 Å². The Bertz CT molecular complexity index is 688. The summed E-state index contributed by atoms with van der Waals surface area (Å²) in [4.78, 5) is 12.9. The number of hydrogen-bond donors (Lipinski definition) is 1. The van der Waals surface area contributed by atoms with Crippen LogP contribution < -0.4 is 15.2 Å². The van der Waals surface area contributed by atoms with Gasteiger partial charge in [-0.25, -0.2) is 0 Å². The van der Waals surface area contributed by atoms with Crippen LogP contribution in [-0.2, 0) is 0 Å². The normalized spacial score (nSPS) is 16.8. The van der Waals surface area contributed by atoms with Crippen molar-refractivity contribution < 1.29 is 9.47 Å². The van der Waals surface area contributed by atoms with Gasteiger partial charge in [0.25, 0.3) is 0 Å². The molecule has 0 atom stereocenters. The summed E-state index contributed by atoms with van der Waals surface area (Å²) >= 11 is 3.37. The second kappa shape index (κ2) is 12.7. The Morgan fingerprint density at radius 3 is 1.77 bits per heavy atom. The summed E-state index contributed by atoms with van der Waals surface area (Å²) in [5, 5.41) is 0. The minimum absolute atomic E-state index is 0.647. The first-order valence-electron chi connectivity index (χ1n) is 10.7. The number of halogens is 1. The molecule has 2 aromatic rings. The number of nitrogens with zero attached hydrogens (tertiary/aromatic N) is 4. The fourth-order valence-electron chi connectivity index (χ4n) is 3.58. The number of likely N-dealkylation sites (tertiary alicyclic amines) is 2. The number of nitrogen functional groups attached to an aromatic ring is 1. The number of ether oxygens (including phenoxy) is 2. The van der Waals surface area contributed by atoms with Gasteiger partial charge < -0.3 is 15.2 Å². The lowest BCUT2D eigenvalue weighted by molar-refractivity contribution is 0.237. The fourth-order valence-corrected chi connectivity index (χ4v) is 3.93. The maximum Gasteiger partial charge on any atom is 0.139 e. The summed E-state index contributed by atoms with van der Waals surface area (Å²) in [5.74, 6) is 1.60. The molecule has 0 saturated carbocycles. The van der Waals surface area contributed by atoms with Crippen molar-refractivity contribution in [3.63, 3.8) is 0 Å². The van der Waals surface area contributed by atoms with Gasteiger partial charge in [0.05, 0.1) is 24.3 Å². The van der Waals surface area contributed by atoms with Crippen molar-refractivity contribution >= 4 is 21.6 Å². The van der Waals surface area contributed by atoms with E-state index >= 15 is 0 Å². The Kier molecular flexibility index (Phi) is 9.66. The van der Waals surface area contributed by atoms with Crippen LogP contribution in [0.2, 0.25) is 0 Å². The highest BCUT2D eigenvalue weighted by atomic mass is 79.9. The lowest BCUT2D eigenvalue weighted by Gasteiger charge is -2.14. The minimum atomic E-state index is 0.647. The Labute approximate surface area is 187 Å². The predicted octanol–water partition coefficient (Wildman–Crippen LogP) is 3.46. The maximum absolute atomic E-state index is 5.61. The largest absolute Gasteiger partial charge is 0.491 e. The third-order valence-electron chi connectivity index (χ3n) is 5.16.